The molecule has 2 saturated heterocycles. The van der Waals surface area contributed by atoms with Gasteiger partial charge in [0.15, 0.2) is 0 Å². The first kappa shape index (κ1) is 20.9. The van der Waals surface area contributed by atoms with Crippen LogP contribution in [0.15, 0.2) is 48.5 Å². The van der Waals surface area contributed by atoms with Crippen molar-refractivity contribution < 1.29 is 24.2 Å². The molecule has 8 nitrogen and oxygen atoms in total. The minimum atomic E-state index is -1.12. The molecule has 2 aromatic rings. The van der Waals surface area contributed by atoms with Gasteiger partial charge in [-0.2, -0.15) is 0 Å². The number of nitrogens with zero attached hydrogens (tertiary/aromatic N) is 3. The fraction of sp³-hybridized carbons (Fsp3) is 0.348. The SMILES string of the molecule is COc1cc(-c2ccccc2)ccc1CN1CCN(C(=O)O)C(N2C(=O)CCC2=O)C1. The molecule has 2 aromatic carbocycles. The molecular formula is C23H25N3O5. The van der Waals surface area contributed by atoms with E-state index in [0.717, 1.165) is 27.3 Å². The van der Waals surface area contributed by atoms with Gasteiger partial charge in [-0.15, -0.1) is 0 Å². The Labute approximate surface area is 180 Å². The molecule has 0 spiro atoms. The van der Waals surface area contributed by atoms with Crippen molar-refractivity contribution in [1.82, 2.24) is 14.7 Å². The Balaban J connectivity index is 1.54. The number of hydrogen-bond acceptors (Lipinski definition) is 5. The minimum Gasteiger partial charge on any atom is -0.496 e. The molecule has 0 bridgehead atoms. The second-order valence-electron chi connectivity index (χ2n) is 7.74. The summed E-state index contributed by atoms with van der Waals surface area (Å²) in [6.07, 6.45) is -1.65. The molecular weight excluding hydrogens is 398 g/mol. The molecule has 0 aromatic heterocycles. The standard InChI is InChI=1S/C23H25N3O5/c1-31-19-13-17(16-5-3-2-4-6-16)7-8-18(19)14-24-11-12-25(23(29)30)20(15-24)26-21(27)9-10-22(26)28/h2-8,13,20H,9-12,14-15H2,1H3,(H,29,30). The summed E-state index contributed by atoms with van der Waals surface area (Å²) in [5.41, 5.74) is 3.10. The molecule has 0 radical (unpaired) electrons. The first-order valence-electron chi connectivity index (χ1n) is 10.3. The lowest BCUT2D eigenvalue weighted by Crippen LogP contribution is -2.62. The van der Waals surface area contributed by atoms with E-state index in [4.69, 9.17) is 4.74 Å². The van der Waals surface area contributed by atoms with E-state index in [1.165, 1.54) is 4.90 Å². The van der Waals surface area contributed by atoms with Crippen LogP contribution in [-0.2, 0) is 16.1 Å². The van der Waals surface area contributed by atoms with Crippen molar-refractivity contribution in [3.63, 3.8) is 0 Å². The highest BCUT2D eigenvalue weighted by atomic mass is 16.5. The monoisotopic (exact) mass is 423 g/mol. The lowest BCUT2D eigenvalue weighted by atomic mass is 10.0. The zero-order valence-corrected chi connectivity index (χ0v) is 17.4. The molecule has 3 amide bonds. The third-order valence-corrected chi connectivity index (χ3v) is 5.86. The highest BCUT2D eigenvalue weighted by Crippen LogP contribution is 2.29. The van der Waals surface area contributed by atoms with Crippen LogP contribution in [0.1, 0.15) is 18.4 Å². The molecule has 2 aliphatic rings. The van der Waals surface area contributed by atoms with Crippen LogP contribution in [0.4, 0.5) is 4.79 Å². The Bertz CT molecular complexity index is 978. The molecule has 8 heteroatoms. The number of piperazine rings is 1. The molecule has 2 heterocycles. The second-order valence-corrected chi connectivity index (χ2v) is 7.74. The molecule has 0 saturated carbocycles. The van der Waals surface area contributed by atoms with E-state index in [1.54, 1.807) is 7.11 Å². The molecule has 1 unspecified atom stereocenters. The van der Waals surface area contributed by atoms with Crippen molar-refractivity contribution in [2.45, 2.75) is 25.6 Å². The van der Waals surface area contributed by atoms with Crippen LogP contribution in [0.25, 0.3) is 11.1 Å². The van der Waals surface area contributed by atoms with Crippen LogP contribution < -0.4 is 4.74 Å². The van der Waals surface area contributed by atoms with Crippen molar-refractivity contribution in [3.8, 4) is 16.9 Å². The topological polar surface area (TPSA) is 90.4 Å². The van der Waals surface area contributed by atoms with Crippen LogP contribution >= 0.6 is 0 Å². The fourth-order valence-corrected chi connectivity index (χ4v) is 4.26. The Morgan fingerprint density at radius 2 is 1.74 bits per heavy atom. The Kier molecular flexibility index (Phi) is 5.90. The molecule has 2 fully saturated rings. The Morgan fingerprint density at radius 3 is 2.39 bits per heavy atom. The van der Waals surface area contributed by atoms with Crippen LogP contribution in [0.3, 0.4) is 0 Å². The number of carbonyl (C=O) groups excluding carboxylic acids is 2. The van der Waals surface area contributed by atoms with Crippen molar-refractivity contribution >= 4 is 17.9 Å². The van der Waals surface area contributed by atoms with Crippen LogP contribution in [-0.4, -0.2) is 70.6 Å². The highest BCUT2D eigenvalue weighted by Gasteiger charge is 2.42. The van der Waals surface area contributed by atoms with Gasteiger partial charge in [-0.3, -0.25) is 24.3 Å². The van der Waals surface area contributed by atoms with Crippen molar-refractivity contribution in [2.75, 3.05) is 26.7 Å². The largest absolute Gasteiger partial charge is 0.496 e. The van der Waals surface area contributed by atoms with Gasteiger partial charge in [-0.1, -0.05) is 42.5 Å². The van der Waals surface area contributed by atoms with E-state index in [1.807, 2.05) is 48.5 Å². The zero-order valence-electron chi connectivity index (χ0n) is 17.4. The number of rotatable bonds is 5. The van der Waals surface area contributed by atoms with Gasteiger partial charge in [0.1, 0.15) is 11.9 Å². The van der Waals surface area contributed by atoms with Crippen molar-refractivity contribution in [1.29, 1.82) is 0 Å². The molecule has 2 aliphatic heterocycles. The Hall–Kier alpha value is -3.39. The first-order valence-corrected chi connectivity index (χ1v) is 10.3. The summed E-state index contributed by atoms with van der Waals surface area (Å²) in [5.74, 6) is 0.118. The summed E-state index contributed by atoms with van der Waals surface area (Å²) >= 11 is 0. The van der Waals surface area contributed by atoms with E-state index in [-0.39, 0.29) is 37.7 Å². The molecule has 162 valence electrons. The molecule has 1 N–H and O–H groups in total. The van der Waals surface area contributed by atoms with Gasteiger partial charge in [0.05, 0.1) is 7.11 Å². The third kappa shape index (κ3) is 4.25. The smallest absolute Gasteiger partial charge is 0.409 e. The number of amides is 3. The van der Waals surface area contributed by atoms with Gasteiger partial charge in [-0.25, -0.2) is 4.79 Å². The number of methoxy groups -OCH3 is 1. The van der Waals surface area contributed by atoms with E-state index in [2.05, 4.69) is 4.90 Å². The molecule has 0 aliphatic carbocycles. The van der Waals surface area contributed by atoms with Gasteiger partial charge in [0.25, 0.3) is 0 Å². The summed E-state index contributed by atoms with van der Waals surface area (Å²) in [4.78, 5) is 40.6. The molecule has 1 atom stereocenters. The van der Waals surface area contributed by atoms with E-state index >= 15 is 0 Å². The van der Waals surface area contributed by atoms with E-state index < -0.39 is 12.3 Å². The summed E-state index contributed by atoms with van der Waals surface area (Å²) in [7, 11) is 1.63. The fourth-order valence-electron chi connectivity index (χ4n) is 4.26. The number of likely N-dealkylation sites (tertiary alicyclic amines) is 1. The number of carbonyl (C=O) groups is 3. The van der Waals surface area contributed by atoms with Gasteiger partial charge in [0.2, 0.25) is 11.8 Å². The second kappa shape index (κ2) is 8.77. The number of benzene rings is 2. The van der Waals surface area contributed by atoms with E-state index in [0.29, 0.717) is 13.1 Å². The Morgan fingerprint density at radius 1 is 1.03 bits per heavy atom. The third-order valence-electron chi connectivity index (χ3n) is 5.86. The quantitative estimate of drug-likeness (QED) is 0.744. The summed E-state index contributed by atoms with van der Waals surface area (Å²) in [5, 5.41) is 9.58. The maximum absolute atomic E-state index is 12.2. The molecule has 31 heavy (non-hydrogen) atoms. The average Bonchev–Trinajstić information content (AvgIpc) is 3.12. The summed E-state index contributed by atoms with van der Waals surface area (Å²) < 4.78 is 5.62. The van der Waals surface area contributed by atoms with Crippen LogP contribution in [0.2, 0.25) is 0 Å². The number of carboxylic acid groups (broad SMARTS) is 1. The highest BCUT2D eigenvalue weighted by molar-refractivity contribution is 6.02. The number of hydrogen-bond donors (Lipinski definition) is 1. The van der Waals surface area contributed by atoms with Gasteiger partial charge < -0.3 is 9.84 Å². The predicted molar refractivity (Wildman–Crippen MR) is 113 cm³/mol. The van der Waals surface area contributed by atoms with Crippen LogP contribution in [0, 0.1) is 0 Å². The van der Waals surface area contributed by atoms with Crippen LogP contribution in [0.5, 0.6) is 5.75 Å². The summed E-state index contributed by atoms with van der Waals surface area (Å²) in [6.45, 7) is 1.52. The maximum atomic E-state index is 12.2. The number of ether oxygens (including phenoxy) is 1. The zero-order chi connectivity index (χ0) is 22.0. The lowest BCUT2D eigenvalue weighted by Gasteiger charge is -2.43. The average molecular weight is 423 g/mol. The van der Waals surface area contributed by atoms with Gasteiger partial charge in [0, 0.05) is 44.6 Å². The number of imide groups is 1. The van der Waals surface area contributed by atoms with Gasteiger partial charge in [-0.05, 0) is 17.2 Å². The van der Waals surface area contributed by atoms with Crippen molar-refractivity contribution in [3.05, 3.63) is 54.1 Å². The van der Waals surface area contributed by atoms with E-state index in [9.17, 15) is 19.5 Å². The molecule has 4 rings (SSSR count). The predicted octanol–water partition coefficient (Wildman–Crippen LogP) is 2.63. The minimum absolute atomic E-state index is 0.136. The van der Waals surface area contributed by atoms with Gasteiger partial charge >= 0.3 is 6.09 Å². The first-order chi connectivity index (χ1) is 15.0. The summed E-state index contributed by atoms with van der Waals surface area (Å²) in [6, 6.07) is 16.0. The lowest BCUT2D eigenvalue weighted by molar-refractivity contribution is -0.147. The normalized spacial score (nSPS) is 19.7. The maximum Gasteiger partial charge on any atom is 0.409 e. The van der Waals surface area contributed by atoms with Crippen molar-refractivity contribution in [2.24, 2.45) is 0 Å².